The molecule has 2 aliphatic rings. The summed E-state index contributed by atoms with van der Waals surface area (Å²) in [6, 6.07) is 10.3. The zero-order valence-corrected chi connectivity index (χ0v) is 14.8. The molecular weight excluding hydrogens is 314 g/mol. The Kier molecular flexibility index (Phi) is 5.43. The molecule has 0 saturated carbocycles. The highest BCUT2D eigenvalue weighted by molar-refractivity contribution is 5.13. The molecule has 0 radical (unpaired) electrons. The summed E-state index contributed by atoms with van der Waals surface area (Å²) in [5.74, 6) is 3.38. The minimum Gasteiger partial charge on any atom is -0.381 e. The van der Waals surface area contributed by atoms with Gasteiger partial charge in [-0.3, -0.25) is 0 Å². The predicted octanol–water partition coefficient (Wildman–Crippen LogP) is 3.69. The molecule has 0 N–H and O–H groups in total. The van der Waals surface area contributed by atoms with Crippen molar-refractivity contribution in [2.24, 2.45) is 5.92 Å². The molecule has 1 unspecified atom stereocenters. The van der Waals surface area contributed by atoms with Gasteiger partial charge < -0.3 is 14.0 Å². The Bertz CT molecular complexity index is 665. The molecule has 2 aromatic rings. The molecule has 0 aliphatic carbocycles. The Morgan fingerprint density at radius 1 is 1.00 bits per heavy atom. The van der Waals surface area contributed by atoms with Gasteiger partial charge in [0.05, 0.1) is 6.61 Å². The molecule has 0 bridgehead atoms. The van der Waals surface area contributed by atoms with Crippen LogP contribution in [-0.2, 0) is 29.2 Å². The Hall–Kier alpha value is -1.72. The average molecular weight is 341 g/mol. The SMILES string of the molecule is c1ccc(COCc2nnc3n2CCCCC3C2CCOCC2)cc1. The summed E-state index contributed by atoms with van der Waals surface area (Å²) in [6.45, 7) is 3.95. The first kappa shape index (κ1) is 16.7. The third-order valence-electron chi connectivity index (χ3n) is 5.51. The van der Waals surface area contributed by atoms with Gasteiger partial charge in [0.2, 0.25) is 0 Å². The highest BCUT2D eigenvalue weighted by Gasteiger charge is 2.31. The lowest BCUT2D eigenvalue weighted by Gasteiger charge is -2.28. The highest BCUT2D eigenvalue weighted by atomic mass is 16.5. The van der Waals surface area contributed by atoms with Crippen molar-refractivity contribution in [2.45, 2.75) is 57.8 Å². The molecule has 134 valence electrons. The number of benzene rings is 1. The normalized spacial score (nSPS) is 21.7. The van der Waals surface area contributed by atoms with E-state index in [-0.39, 0.29) is 0 Å². The fourth-order valence-corrected chi connectivity index (χ4v) is 4.14. The van der Waals surface area contributed by atoms with Crippen molar-refractivity contribution in [3.8, 4) is 0 Å². The molecule has 5 nitrogen and oxygen atoms in total. The van der Waals surface area contributed by atoms with Gasteiger partial charge in [-0.25, -0.2) is 0 Å². The minimum atomic E-state index is 0.529. The molecule has 4 rings (SSSR count). The average Bonchev–Trinajstić information content (AvgIpc) is 2.94. The maximum Gasteiger partial charge on any atom is 0.159 e. The van der Waals surface area contributed by atoms with E-state index in [9.17, 15) is 0 Å². The van der Waals surface area contributed by atoms with Crippen LogP contribution in [0.15, 0.2) is 30.3 Å². The molecule has 0 amide bonds. The molecule has 25 heavy (non-hydrogen) atoms. The maximum atomic E-state index is 5.91. The quantitative estimate of drug-likeness (QED) is 0.832. The van der Waals surface area contributed by atoms with Gasteiger partial charge in [0.25, 0.3) is 0 Å². The number of ether oxygens (including phenoxy) is 2. The largest absolute Gasteiger partial charge is 0.381 e. The first-order valence-corrected chi connectivity index (χ1v) is 9.53. The Balaban J connectivity index is 1.45. The van der Waals surface area contributed by atoms with Crippen LogP contribution >= 0.6 is 0 Å². The summed E-state index contributed by atoms with van der Waals surface area (Å²) < 4.78 is 13.8. The number of hydrogen-bond acceptors (Lipinski definition) is 4. The van der Waals surface area contributed by atoms with Crippen molar-refractivity contribution in [1.82, 2.24) is 14.8 Å². The molecule has 1 aromatic heterocycles. The van der Waals surface area contributed by atoms with Crippen LogP contribution in [0.1, 0.15) is 55.2 Å². The number of rotatable bonds is 5. The molecule has 1 aromatic carbocycles. The lowest BCUT2D eigenvalue weighted by Crippen LogP contribution is -2.24. The zero-order valence-electron chi connectivity index (χ0n) is 14.8. The van der Waals surface area contributed by atoms with Crippen molar-refractivity contribution < 1.29 is 9.47 Å². The summed E-state index contributed by atoms with van der Waals surface area (Å²) in [4.78, 5) is 0. The van der Waals surface area contributed by atoms with E-state index in [2.05, 4.69) is 26.9 Å². The van der Waals surface area contributed by atoms with Crippen LogP contribution < -0.4 is 0 Å². The fourth-order valence-electron chi connectivity index (χ4n) is 4.14. The van der Waals surface area contributed by atoms with Gasteiger partial charge in [-0.05, 0) is 37.2 Å². The van der Waals surface area contributed by atoms with Crippen molar-refractivity contribution in [3.05, 3.63) is 47.5 Å². The van der Waals surface area contributed by atoms with Crippen molar-refractivity contribution in [1.29, 1.82) is 0 Å². The lowest BCUT2D eigenvalue weighted by molar-refractivity contribution is 0.0555. The number of fused-ring (bicyclic) bond motifs is 1. The lowest BCUT2D eigenvalue weighted by atomic mass is 9.82. The van der Waals surface area contributed by atoms with Crippen molar-refractivity contribution in [3.63, 3.8) is 0 Å². The van der Waals surface area contributed by atoms with Crippen LogP contribution in [0.5, 0.6) is 0 Å². The van der Waals surface area contributed by atoms with E-state index in [1.54, 1.807) is 0 Å². The van der Waals surface area contributed by atoms with Crippen LogP contribution in [0.4, 0.5) is 0 Å². The van der Waals surface area contributed by atoms with E-state index in [0.29, 0.717) is 25.0 Å². The number of aromatic nitrogens is 3. The number of nitrogens with zero attached hydrogens (tertiary/aromatic N) is 3. The maximum absolute atomic E-state index is 5.91. The van der Waals surface area contributed by atoms with E-state index in [1.165, 1.54) is 30.7 Å². The molecule has 0 spiro atoms. The van der Waals surface area contributed by atoms with Gasteiger partial charge in [-0.1, -0.05) is 36.8 Å². The Morgan fingerprint density at radius 2 is 1.84 bits per heavy atom. The van der Waals surface area contributed by atoms with Gasteiger partial charge >= 0.3 is 0 Å². The molecule has 5 heteroatoms. The van der Waals surface area contributed by atoms with Crippen molar-refractivity contribution >= 4 is 0 Å². The van der Waals surface area contributed by atoms with E-state index in [4.69, 9.17) is 9.47 Å². The molecule has 2 aliphatic heterocycles. The molecule has 1 atom stereocenters. The van der Waals surface area contributed by atoms with Gasteiger partial charge in [0.15, 0.2) is 5.82 Å². The highest BCUT2D eigenvalue weighted by Crippen LogP contribution is 2.37. The minimum absolute atomic E-state index is 0.529. The fraction of sp³-hybridized carbons (Fsp3) is 0.600. The Morgan fingerprint density at radius 3 is 2.68 bits per heavy atom. The van der Waals surface area contributed by atoms with Gasteiger partial charge in [0, 0.05) is 25.7 Å². The first-order chi connectivity index (χ1) is 12.4. The molecule has 1 saturated heterocycles. The smallest absolute Gasteiger partial charge is 0.159 e. The second kappa shape index (κ2) is 8.11. The first-order valence-electron chi connectivity index (χ1n) is 9.53. The van der Waals surface area contributed by atoms with E-state index >= 15 is 0 Å². The molecular formula is C20H27N3O2. The van der Waals surface area contributed by atoms with Gasteiger partial charge in [0.1, 0.15) is 12.4 Å². The molecule has 3 heterocycles. The summed E-state index contributed by atoms with van der Waals surface area (Å²) in [7, 11) is 0. The zero-order chi connectivity index (χ0) is 16.9. The summed E-state index contributed by atoms with van der Waals surface area (Å²) in [5.41, 5.74) is 1.19. The molecule has 1 fully saturated rings. The topological polar surface area (TPSA) is 49.2 Å². The second-order valence-electron chi connectivity index (χ2n) is 7.16. The van der Waals surface area contributed by atoms with Crippen LogP contribution in [0.25, 0.3) is 0 Å². The third-order valence-corrected chi connectivity index (χ3v) is 5.51. The standard InChI is InChI=1S/C20H27N3O2/c1-2-6-16(7-3-1)14-25-15-19-21-22-20-18(8-4-5-11-23(19)20)17-9-12-24-13-10-17/h1-3,6-7,17-18H,4-5,8-15H2. The van der Waals surface area contributed by atoms with E-state index < -0.39 is 0 Å². The summed E-state index contributed by atoms with van der Waals surface area (Å²) >= 11 is 0. The van der Waals surface area contributed by atoms with Gasteiger partial charge in [-0.2, -0.15) is 0 Å². The van der Waals surface area contributed by atoms with E-state index in [1.807, 2.05) is 18.2 Å². The third kappa shape index (κ3) is 3.93. The number of hydrogen-bond donors (Lipinski definition) is 0. The van der Waals surface area contributed by atoms with Crippen LogP contribution in [0, 0.1) is 5.92 Å². The van der Waals surface area contributed by atoms with E-state index in [0.717, 1.165) is 38.4 Å². The van der Waals surface area contributed by atoms with Crippen LogP contribution in [0.2, 0.25) is 0 Å². The Labute approximate surface area is 149 Å². The monoisotopic (exact) mass is 341 g/mol. The van der Waals surface area contributed by atoms with Crippen molar-refractivity contribution in [2.75, 3.05) is 13.2 Å². The second-order valence-corrected chi connectivity index (χ2v) is 7.16. The summed E-state index contributed by atoms with van der Waals surface area (Å²) in [6.07, 6.45) is 6.01. The predicted molar refractivity (Wildman–Crippen MR) is 95.1 cm³/mol. The van der Waals surface area contributed by atoms with Gasteiger partial charge in [-0.15, -0.1) is 10.2 Å². The van der Waals surface area contributed by atoms with Crippen LogP contribution in [0.3, 0.4) is 0 Å². The summed E-state index contributed by atoms with van der Waals surface area (Å²) in [5, 5.41) is 9.06. The van der Waals surface area contributed by atoms with Crippen LogP contribution in [-0.4, -0.2) is 28.0 Å².